The minimum atomic E-state index is -0.467. The van der Waals surface area contributed by atoms with E-state index in [-0.39, 0.29) is 11.0 Å². The number of benzene rings is 2. The lowest BCUT2D eigenvalue weighted by atomic mass is 9.87. The van der Waals surface area contributed by atoms with Gasteiger partial charge in [0.05, 0.1) is 6.61 Å². The van der Waals surface area contributed by atoms with E-state index in [0.717, 1.165) is 35.2 Å². The molecule has 0 aliphatic rings. The predicted molar refractivity (Wildman–Crippen MR) is 142 cm³/mol. The molecule has 0 atom stereocenters. The SMILES string of the molecule is CC(C)(C)c1ccc(OCCCn2cc(C=C(C#N)C(=O)Nc3nccs3)c3ccccc32)cc1. The summed E-state index contributed by atoms with van der Waals surface area (Å²) < 4.78 is 8.09. The van der Waals surface area contributed by atoms with Crippen LogP contribution in [0.2, 0.25) is 0 Å². The predicted octanol–water partition coefficient (Wildman–Crippen LogP) is 6.41. The number of nitrogens with one attached hydrogen (secondary N) is 1. The molecule has 0 aliphatic carbocycles. The summed E-state index contributed by atoms with van der Waals surface area (Å²) in [5.41, 5.74) is 3.30. The van der Waals surface area contributed by atoms with Crippen molar-refractivity contribution in [2.24, 2.45) is 0 Å². The number of thiazole rings is 1. The van der Waals surface area contributed by atoms with Gasteiger partial charge in [-0.15, -0.1) is 11.3 Å². The maximum atomic E-state index is 12.6. The minimum Gasteiger partial charge on any atom is -0.494 e. The number of carbonyl (C=O) groups is 1. The molecule has 0 bridgehead atoms. The van der Waals surface area contributed by atoms with Crippen molar-refractivity contribution in [2.75, 3.05) is 11.9 Å². The Morgan fingerprint density at radius 2 is 1.97 bits per heavy atom. The Hall–Kier alpha value is -3.89. The van der Waals surface area contributed by atoms with Crippen LogP contribution in [-0.4, -0.2) is 22.1 Å². The van der Waals surface area contributed by atoms with E-state index < -0.39 is 5.91 Å². The number of para-hydroxylation sites is 1. The number of carbonyl (C=O) groups excluding carboxylic acids is 1. The Balaban J connectivity index is 1.44. The maximum absolute atomic E-state index is 12.6. The number of hydrogen-bond donors (Lipinski definition) is 1. The van der Waals surface area contributed by atoms with Gasteiger partial charge in [0.25, 0.3) is 5.91 Å². The summed E-state index contributed by atoms with van der Waals surface area (Å²) in [5, 5.41) is 15.5. The van der Waals surface area contributed by atoms with Crippen molar-refractivity contribution in [1.82, 2.24) is 9.55 Å². The number of rotatable bonds is 8. The lowest BCUT2D eigenvalue weighted by molar-refractivity contribution is -0.112. The van der Waals surface area contributed by atoms with Crippen LogP contribution >= 0.6 is 11.3 Å². The van der Waals surface area contributed by atoms with Gasteiger partial charge >= 0.3 is 0 Å². The molecule has 4 rings (SSSR count). The molecule has 4 aromatic rings. The van der Waals surface area contributed by atoms with Crippen molar-refractivity contribution >= 4 is 39.4 Å². The molecule has 0 radical (unpaired) electrons. The van der Waals surface area contributed by atoms with Gasteiger partial charge in [-0.2, -0.15) is 5.26 Å². The summed E-state index contributed by atoms with van der Waals surface area (Å²) in [7, 11) is 0. The van der Waals surface area contributed by atoms with Crippen LogP contribution < -0.4 is 10.1 Å². The van der Waals surface area contributed by atoms with E-state index in [9.17, 15) is 10.1 Å². The highest BCUT2D eigenvalue weighted by molar-refractivity contribution is 7.13. The molecule has 1 N–H and O–H groups in total. The molecule has 0 fully saturated rings. The number of ether oxygens (including phenoxy) is 1. The Morgan fingerprint density at radius 3 is 2.66 bits per heavy atom. The van der Waals surface area contributed by atoms with E-state index in [1.807, 2.05) is 48.7 Å². The third kappa shape index (κ3) is 5.97. The number of fused-ring (bicyclic) bond motifs is 1. The van der Waals surface area contributed by atoms with Gasteiger partial charge < -0.3 is 9.30 Å². The summed E-state index contributed by atoms with van der Waals surface area (Å²) in [4.78, 5) is 16.6. The minimum absolute atomic E-state index is 0.0325. The Labute approximate surface area is 209 Å². The first-order valence-electron chi connectivity index (χ1n) is 11.5. The van der Waals surface area contributed by atoms with Crippen LogP contribution in [0.25, 0.3) is 17.0 Å². The topological polar surface area (TPSA) is 79.9 Å². The zero-order valence-corrected chi connectivity index (χ0v) is 20.9. The molecule has 178 valence electrons. The first-order chi connectivity index (χ1) is 16.8. The standard InChI is InChI=1S/C28H28N4O2S/c1-28(2,3)22-9-11-23(12-10-22)34-15-6-14-32-19-21(24-7-4-5-8-25(24)32)17-20(18-29)26(33)31-27-30-13-16-35-27/h4-5,7-13,16-17,19H,6,14-15H2,1-3H3,(H,30,31,33). The molecule has 0 aliphatic heterocycles. The number of nitriles is 1. The maximum Gasteiger partial charge on any atom is 0.268 e. The van der Waals surface area contributed by atoms with E-state index >= 15 is 0 Å². The fraction of sp³-hybridized carbons (Fsp3) is 0.250. The molecule has 0 unspecified atom stereocenters. The van der Waals surface area contributed by atoms with Gasteiger partial charge in [0, 0.05) is 40.8 Å². The van der Waals surface area contributed by atoms with Gasteiger partial charge in [-0.25, -0.2) is 4.98 Å². The van der Waals surface area contributed by atoms with Crippen molar-refractivity contribution in [3.8, 4) is 11.8 Å². The largest absolute Gasteiger partial charge is 0.494 e. The molecule has 0 saturated heterocycles. The summed E-state index contributed by atoms with van der Waals surface area (Å²) in [5.74, 6) is 0.397. The molecule has 6 nitrogen and oxygen atoms in total. The number of hydrogen-bond acceptors (Lipinski definition) is 5. The third-order valence-electron chi connectivity index (χ3n) is 5.67. The molecule has 2 aromatic heterocycles. The quantitative estimate of drug-likeness (QED) is 0.178. The second-order valence-electron chi connectivity index (χ2n) is 9.23. The Kier molecular flexibility index (Phi) is 7.33. The molecule has 7 heteroatoms. The number of nitrogens with zero attached hydrogens (tertiary/aromatic N) is 3. The van der Waals surface area contributed by atoms with Crippen molar-refractivity contribution < 1.29 is 9.53 Å². The lowest BCUT2D eigenvalue weighted by Crippen LogP contribution is -2.13. The number of amides is 1. The number of aromatic nitrogens is 2. The smallest absolute Gasteiger partial charge is 0.268 e. The van der Waals surface area contributed by atoms with Gasteiger partial charge in [0.15, 0.2) is 5.13 Å². The average Bonchev–Trinajstić information content (AvgIpc) is 3.48. The van der Waals surface area contributed by atoms with E-state index in [1.165, 1.54) is 16.9 Å². The highest BCUT2D eigenvalue weighted by atomic mass is 32.1. The average molecular weight is 485 g/mol. The third-order valence-corrected chi connectivity index (χ3v) is 6.36. The highest BCUT2D eigenvalue weighted by Gasteiger charge is 2.14. The molecule has 2 aromatic carbocycles. The van der Waals surface area contributed by atoms with E-state index in [0.29, 0.717) is 11.7 Å². The fourth-order valence-electron chi connectivity index (χ4n) is 3.80. The van der Waals surface area contributed by atoms with Gasteiger partial charge in [0.1, 0.15) is 17.4 Å². The fourth-order valence-corrected chi connectivity index (χ4v) is 4.33. The van der Waals surface area contributed by atoms with Crippen LogP contribution in [0, 0.1) is 11.3 Å². The van der Waals surface area contributed by atoms with Crippen LogP contribution in [0.4, 0.5) is 5.13 Å². The zero-order chi connectivity index (χ0) is 24.8. The van der Waals surface area contributed by atoms with Gasteiger partial charge in [-0.3, -0.25) is 10.1 Å². The molecule has 0 saturated carbocycles. The molecule has 1 amide bonds. The summed E-state index contributed by atoms with van der Waals surface area (Å²) in [6.45, 7) is 7.93. The monoisotopic (exact) mass is 484 g/mol. The van der Waals surface area contributed by atoms with E-state index in [2.05, 4.69) is 47.8 Å². The summed E-state index contributed by atoms with van der Waals surface area (Å²) in [6.07, 6.45) is 6.04. The number of anilines is 1. The van der Waals surface area contributed by atoms with Crippen molar-refractivity contribution in [3.63, 3.8) is 0 Å². The Morgan fingerprint density at radius 1 is 1.20 bits per heavy atom. The normalized spacial score (nSPS) is 11.9. The Bertz CT molecular complexity index is 1370. The van der Waals surface area contributed by atoms with E-state index in [4.69, 9.17) is 4.74 Å². The van der Waals surface area contributed by atoms with Crippen molar-refractivity contribution in [2.45, 2.75) is 39.2 Å². The van der Waals surface area contributed by atoms with Gasteiger partial charge in [-0.1, -0.05) is 51.1 Å². The van der Waals surface area contributed by atoms with Crippen LogP contribution in [0.5, 0.6) is 5.75 Å². The molecular formula is C28H28N4O2S. The second-order valence-corrected chi connectivity index (χ2v) is 10.1. The van der Waals surface area contributed by atoms with Crippen molar-refractivity contribution in [1.29, 1.82) is 5.26 Å². The van der Waals surface area contributed by atoms with Crippen LogP contribution in [0.1, 0.15) is 38.3 Å². The molecule has 0 spiro atoms. The molecule has 35 heavy (non-hydrogen) atoms. The first-order valence-corrected chi connectivity index (χ1v) is 12.4. The van der Waals surface area contributed by atoms with E-state index in [1.54, 1.807) is 17.7 Å². The summed E-state index contributed by atoms with van der Waals surface area (Å²) >= 11 is 1.31. The highest BCUT2D eigenvalue weighted by Crippen LogP contribution is 2.26. The van der Waals surface area contributed by atoms with Crippen LogP contribution in [0.3, 0.4) is 0 Å². The molecule has 2 heterocycles. The summed E-state index contributed by atoms with van der Waals surface area (Å²) in [6, 6.07) is 18.3. The zero-order valence-electron chi connectivity index (χ0n) is 20.1. The number of aryl methyl sites for hydroxylation is 1. The van der Waals surface area contributed by atoms with Gasteiger partial charge in [-0.05, 0) is 41.7 Å². The van der Waals surface area contributed by atoms with Crippen molar-refractivity contribution in [3.05, 3.63) is 83.0 Å². The first kappa shape index (κ1) is 24.2. The lowest BCUT2D eigenvalue weighted by Gasteiger charge is -2.19. The van der Waals surface area contributed by atoms with Gasteiger partial charge in [0.2, 0.25) is 0 Å². The second kappa shape index (κ2) is 10.6. The van der Waals surface area contributed by atoms with Crippen LogP contribution in [0.15, 0.2) is 71.9 Å². The van der Waals surface area contributed by atoms with Crippen LogP contribution in [-0.2, 0) is 16.8 Å². The molecular weight excluding hydrogens is 456 g/mol.